The van der Waals surface area contributed by atoms with Crippen molar-refractivity contribution in [1.82, 2.24) is 14.8 Å². The number of Topliss-reactive ketones (excluding diaryl/α,β-unsaturated/α-hetero) is 1. The molecule has 0 fully saturated rings. The maximum absolute atomic E-state index is 13.4. The monoisotopic (exact) mass is 498 g/mol. The summed E-state index contributed by atoms with van der Waals surface area (Å²) in [5.41, 5.74) is 2.87. The van der Waals surface area contributed by atoms with Crippen LogP contribution in [0.3, 0.4) is 0 Å². The molecular formula is C25H24Cl2N4O3. The molecule has 0 bridgehead atoms. The lowest BCUT2D eigenvalue weighted by molar-refractivity contribution is -0.118. The minimum Gasteiger partial charge on any atom is -0.493 e. The van der Waals surface area contributed by atoms with E-state index in [1.165, 1.54) is 0 Å². The molecule has 2 heterocycles. The number of hydrogen-bond donors (Lipinski definition) is 1. The van der Waals surface area contributed by atoms with Crippen LogP contribution in [0.5, 0.6) is 11.5 Å². The molecule has 7 nitrogen and oxygen atoms in total. The molecule has 0 saturated heterocycles. The minimum atomic E-state index is -0.513. The zero-order valence-electron chi connectivity index (χ0n) is 19.3. The maximum Gasteiger partial charge on any atom is 0.226 e. The summed E-state index contributed by atoms with van der Waals surface area (Å²) in [5, 5.41) is 9.18. The largest absolute Gasteiger partial charge is 0.493 e. The summed E-state index contributed by atoms with van der Waals surface area (Å²) >= 11 is 12.8. The molecule has 34 heavy (non-hydrogen) atoms. The van der Waals surface area contributed by atoms with Crippen LogP contribution in [0.1, 0.15) is 38.3 Å². The van der Waals surface area contributed by atoms with Gasteiger partial charge in [-0.25, -0.2) is 4.68 Å². The van der Waals surface area contributed by atoms with Crippen molar-refractivity contribution in [3.63, 3.8) is 0 Å². The summed E-state index contributed by atoms with van der Waals surface area (Å²) in [5.74, 6) is 2.30. The molecule has 5 rings (SSSR count). The van der Waals surface area contributed by atoms with Gasteiger partial charge in [-0.2, -0.15) is 4.98 Å². The molecule has 0 amide bonds. The number of allylic oxidation sites excluding steroid dienone is 2. The molecule has 1 aliphatic carbocycles. The number of aromatic nitrogens is 3. The van der Waals surface area contributed by atoms with Crippen LogP contribution in [-0.2, 0) is 4.79 Å². The quantitative estimate of drug-likeness (QED) is 0.480. The zero-order valence-corrected chi connectivity index (χ0v) is 20.8. The van der Waals surface area contributed by atoms with Gasteiger partial charge in [0.15, 0.2) is 23.1 Å². The van der Waals surface area contributed by atoms with Gasteiger partial charge in [0.05, 0.1) is 14.2 Å². The molecule has 1 atom stereocenters. The molecule has 0 saturated carbocycles. The minimum absolute atomic E-state index is 0.0728. The molecule has 9 heteroatoms. The van der Waals surface area contributed by atoms with Crippen molar-refractivity contribution in [3.05, 3.63) is 63.3 Å². The molecule has 1 aliphatic heterocycles. The van der Waals surface area contributed by atoms with Crippen molar-refractivity contribution in [2.24, 2.45) is 5.41 Å². The Morgan fingerprint density at radius 1 is 1.06 bits per heavy atom. The molecular weight excluding hydrogens is 475 g/mol. The number of fused-ring (bicyclic) bond motifs is 1. The van der Waals surface area contributed by atoms with Crippen molar-refractivity contribution in [3.8, 4) is 22.9 Å². The van der Waals surface area contributed by atoms with Crippen molar-refractivity contribution >= 4 is 34.9 Å². The van der Waals surface area contributed by atoms with Crippen LogP contribution in [-0.4, -0.2) is 34.8 Å². The van der Waals surface area contributed by atoms with Gasteiger partial charge >= 0.3 is 0 Å². The highest BCUT2D eigenvalue weighted by Crippen LogP contribution is 2.47. The Balaban J connectivity index is 1.68. The van der Waals surface area contributed by atoms with Crippen molar-refractivity contribution in [1.29, 1.82) is 0 Å². The third-order valence-corrected chi connectivity index (χ3v) is 6.79. The highest BCUT2D eigenvalue weighted by atomic mass is 35.5. The van der Waals surface area contributed by atoms with E-state index in [2.05, 4.69) is 19.2 Å². The summed E-state index contributed by atoms with van der Waals surface area (Å²) in [6.45, 7) is 4.18. The fraction of sp³-hybridized carbons (Fsp3) is 0.320. The van der Waals surface area contributed by atoms with Crippen LogP contribution in [0.2, 0.25) is 10.0 Å². The number of carbonyl (C=O) groups is 1. The van der Waals surface area contributed by atoms with Gasteiger partial charge in [-0.3, -0.25) is 4.79 Å². The first-order valence-electron chi connectivity index (χ1n) is 10.9. The molecule has 0 radical (unpaired) electrons. The van der Waals surface area contributed by atoms with E-state index in [0.29, 0.717) is 51.7 Å². The number of ketones is 1. The van der Waals surface area contributed by atoms with Gasteiger partial charge in [-0.15, -0.1) is 5.10 Å². The van der Waals surface area contributed by atoms with E-state index in [-0.39, 0.29) is 11.2 Å². The predicted octanol–water partition coefficient (Wildman–Crippen LogP) is 5.93. The number of nitrogens with zero attached hydrogens (tertiary/aromatic N) is 3. The van der Waals surface area contributed by atoms with E-state index >= 15 is 0 Å². The van der Waals surface area contributed by atoms with E-state index in [1.54, 1.807) is 31.0 Å². The summed E-state index contributed by atoms with van der Waals surface area (Å²) < 4.78 is 12.5. The normalized spacial score (nSPS) is 18.8. The van der Waals surface area contributed by atoms with Gasteiger partial charge in [0, 0.05) is 38.9 Å². The highest BCUT2D eigenvalue weighted by molar-refractivity contribution is 6.35. The SMILES string of the molecule is COc1ccc(-c2nc3n(n2)C(c2ccc(Cl)cc2Cl)C2=C(CC(C)(C)CC2=O)N3)cc1OC. The van der Waals surface area contributed by atoms with Crippen molar-refractivity contribution in [2.45, 2.75) is 32.7 Å². The zero-order chi connectivity index (χ0) is 24.2. The molecule has 0 spiro atoms. The van der Waals surface area contributed by atoms with E-state index in [9.17, 15) is 4.79 Å². The number of halogens is 2. The van der Waals surface area contributed by atoms with Crippen molar-refractivity contribution < 1.29 is 14.3 Å². The smallest absolute Gasteiger partial charge is 0.226 e. The van der Waals surface area contributed by atoms with Crippen LogP contribution in [0.15, 0.2) is 47.7 Å². The van der Waals surface area contributed by atoms with Crippen LogP contribution in [0.25, 0.3) is 11.4 Å². The Labute approximate surface area is 207 Å². The second kappa shape index (κ2) is 8.32. The Morgan fingerprint density at radius 3 is 2.53 bits per heavy atom. The molecule has 1 N–H and O–H groups in total. The molecule has 1 unspecified atom stereocenters. The topological polar surface area (TPSA) is 78.3 Å². The standard InChI is InChI=1S/C25H24Cl2N4O3/c1-25(2)11-17-21(18(32)12-25)22(15-7-6-14(26)10-16(15)27)31-24(28-17)29-23(30-31)13-5-8-19(33-3)20(9-13)34-4/h5-10,22H,11-12H2,1-4H3,(H,28,29,30). The number of rotatable bonds is 4. The third kappa shape index (κ3) is 3.83. The van der Waals surface area contributed by atoms with Crippen LogP contribution < -0.4 is 14.8 Å². The van der Waals surface area contributed by atoms with Gasteiger partial charge in [0.2, 0.25) is 5.95 Å². The van der Waals surface area contributed by atoms with Crippen LogP contribution in [0.4, 0.5) is 5.95 Å². The first-order valence-corrected chi connectivity index (χ1v) is 11.6. The van der Waals surface area contributed by atoms with Gasteiger partial charge < -0.3 is 14.8 Å². The van der Waals surface area contributed by atoms with E-state index in [0.717, 1.165) is 16.8 Å². The summed E-state index contributed by atoms with van der Waals surface area (Å²) in [4.78, 5) is 18.2. The Morgan fingerprint density at radius 2 is 1.82 bits per heavy atom. The lowest BCUT2D eigenvalue weighted by atomic mass is 9.73. The van der Waals surface area contributed by atoms with Crippen LogP contribution >= 0.6 is 23.2 Å². The molecule has 2 aliphatic rings. The number of nitrogens with one attached hydrogen (secondary N) is 1. The van der Waals surface area contributed by atoms with Gasteiger partial charge in [0.25, 0.3) is 0 Å². The first-order chi connectivity index (χ1) is 16.2. The number of hydrogen-bond acceptors (Lipinski definition) is 6. The summed E-state index contributed by atoms with van der Waals surface area (Å²) in [6.07, 6.45) is 1.16. The van der Waals surface area contributed by atoms with Gasteiger partial charge in [-0.1, -0.05) is 43.1 Å². The lowest BCUT2D eigenvalue weighted by Gasteiger charge is -2.38. The summed E-state index contributed by atoms with van der Waals surface area (Å²) in [6, 6.07) is 10.3. The van der Waals surface area contributed by atoms with E-state index in [1.807, 2.05) is 24.3 Å². The number of methoxy groups -OCH3 is 2. The Hall–Kier alpha value is -3.03. The molecule has 176 valence electrons. The number of ether oxygens (including phenoxy) is 2. The van der Waals surface area contributed by atoms with Crippen molar-refractivity contribution in [2.75, 3.05) is 19.5 Å². The second-order valence-corrected chi connectivity index (χ2v) is 10.1. The maximum atomic E-state index is 13.4. The molecule has 1 aromatic heterocycles. The number of anilines is 1. The van der Waals surface area contributed by atoms with Gasteiger partial charge in [-0.05, 0) is 42.2 Å². The summed E-state index contributed by atoms with van der Waals surface area (Å²) in [7, 11) is 3.17. The predicted molar refractivity (Wildman–Crippen MR) is 132 cm³/mol. The third-order valence-electron chi connectivity index (χ3n) is 6.23. The Bertz CT molecular complexity index is 1350. The van der Waals surface area contributed by atoms with E-state index in [4.69, 9.17) is 42.8 Å². The molecule has 3 aromatic rings. The van der Waals surface area contributed by atoms with Gasteiger partial charge in [0.1, 0.15) is 6.04 Å². The fourth-order valence-corrected chi connectivity index (χ4v) is 5.23. The molecule has 2 aromatic carbocycles. The number of benzene rings is 2. The average molecular weight is 499 g/mol. The van der Waals surface area contributed by atoms with E-state index < -0.39 is 6.04 Å². The highest BCUT2D eigenvalue weighted by Gasteiger charge is 2.42. The number of carbonyl (C=O) groups excluding carboxylic acids is 1. The lowest BCUT2D eigenvalue weighted by Crippen LogP contribution is -2.36. The second-order valence-electron chi connectivity index (χ2n) is 9.30. The van der Waals surface area contributed by atoms with Crippen LogP contribution in [0, 0.1) is 5.41 Å². The average Bonchev–Trinajstić information content (AvgIpc) is 3.20. The fourth-order valence-electron chi connectivity index (χ4n) is 4.72. The first kappa shape index (κ1) is 22.7. The Kier molecular flexibility index (Phi) is 5.57.